The van der Waals surface area contributed by atoms with E-state index in [1.807, 2.05) is 26.0 Å². The van der Waals surface area contributed by atoms with Gasteiger partial charge < -0.3 is 10.4 Å². The van der Waals surface area contributed by atoms with E-state index < -0.39 is 0 Å². The SMILES string of the molecule is C[C@@H](NC/C=C/C#CC(C)(C)CO)c1cccc2ccccc12. The Hall–Kier alpha value is -2.08. The Morgan fingerprint density at radius 2 is 1.91 bits per heavy atom. The van der Waals surface area contributed by atoms with Gasteiger partial charge in [-0.2, -0.15) is 0 Å². The summed E-state index contributed by atoms with van der Waals surface area (Å²) >= 11 is 0. The Kier molecular flexibility index (Phi) is 5.98. The van der Waals surface area contributed by atoms with Crippen molar-refractivity contribution < 1.29 is 5.11 Å². The number of aliphatic hydroxyl groups is 1. The van der Waals surface area contributed by atoms with Crippen LogP contribution in [0.2, 0.25) is 0 Å². The van der Waals surface area contributed by atoms with Crippen molar-refractivity contribution in [1.29, 1.82) is 0 Å². The molecule has 0 aromatic heterocycles. The van der Waals surface area contributed by atoms with Crippen molar-refractivity contribution in [3.05, 3.63) is 60.2 Å². The van der Waals surface area contributed by atoms with Gasteiger partial charge in [0.25, 0.3) is 0 Å². The third kappa shape index (κ3) is 4.96. The Labute approximate surface area is 139 Å². The Balaban J connectivity index is 1.96. The Bertz CT molecular complexity index is 729. The molecule has 0 amide bonds. The lowest BCUT2D eigenvalue weighted by Crippen LogP contribution is -2.18. The zero-order valence-corrected chi connectivity index (χ0v) is 14.1. The molecule has 23 heavy (non-hydrogen) atoms. The van der Waals surface area contributed by atoms with E-state index in [2.05, 4.69) is 66.5 Å². The summed E-state index contributed by atoms with van der Waals surface area (Å²) in [5.74, 6) is 6.03. The van der Waals surface area contributed by atoms with Crippen LogP contribution in [0, 0.1) is 17.3 Å². The van der Waals surface area contributed by atoms with Crippen LogP contribution in [0.25, 0.3) is 10.8 Å². The van der Waals surface area contributed by atoms with Gasteiger partial charge in [0.1, 0.15) is 0 Å². The summed E-state index contributed by atoms with van der Waals surface area (Å²) in [6.07, 6.45) is 3.86. The monoisotopic (exact) mass is 307 g/mol. The highest BCUT2D eigenvalue weighted by atomic mass is 16.3. The van der Waals surface area contributed by atoms with E-state index in [1.54, 1.807) is 0 Å². The first-order valence-corrected chi connectivity index (χ1v) is 8.03. The molecule has 2 heteroatoms. The summed E-state index contributed by atoms with van der Waals surface area (Å²) in [4.78, 5) is 0. The smallest absolute Gasteiger partial charge is 0.0591 e. The summed E-state index contributed by atoms with van der Waals surface area (Å²) in [6, 6.07) is 15.2. The van der Waals surface area contributed by atoms with Crippen LogP contribution >= 0.6 is 0 Å². The zero-order chi connectivity index (χ0) is 16.7. The molecule has 2 aromatic rings. The lowest BCUT2D eigenvalue weighted by Gasteiger charge is -2.15. The van der Waals surface area contributed by atoms with Crippen LogP contribution in [-0.4, -0.2) is 18.3 Å². The number of allylic oxidation sites excluding steroid dienone is 1. The van der Waals surface area contributed by atoms with E-state index in [-0.39, 0.29) is 18.1 Å². The molecule has 0 saturated heterocycles. The number of hydrogen-bond acceptors (Lipinski definition) is 2. The fourth-order valence-corrected chi connectivity index (χ4v) is 2.38. The van der Waals surface area contributed by atoms with E-state index >= 15 is 0 Å². The fraction of sp³-hybridized carbons (Fsp3) is 0.333. The maximum absolute atomic E-state index is 9.14. The van der Waals surface area contributed by atoms with Crippen LogP contribution in [0.15, 0.2) is 54.6 Å². The molecule has 120 valence electrons. The molecule has 2 N–H and O–H groups in total. The molecule has 0 spiro atoms. The second-order valence-electron chi connectivity index (χ2n) is 6.41. The van der Waals surface area contributed by atoms with Crippen molar-refractivity contribution in [3.8, 4) is 11.8 Å². The zero-order valence-electron chi connectivity index (χ0n) is 14.1. The van der Waals surface area contributed by atoms with Gasteiger partial charge in [0, 0.05) is 18.0 Å². The normalized spacial score (nSPS) is 13.0. The van der Waals surface area contributed by atoms with Crippen molar-refractivity contribution in [3.63, 3.8) is 0 Å². The third-order valence-corrected chi connectivity index (χ3v) is 3.84. The number of aliphatic hydroxyl groups excluding tert-OH is 1. The molecule has 0 saturated carbocycles. The molecular weight excluding hydrogens is 282 g/mol. The minimum Gasteiger partial charge on any atom is -0.395 e. The van der Waals surface area contributed by atoms with Gasteiger partial charge in [0.05, 0.1) is 6.61 Å². The molecule has 0 aliphatic heterocycles. The van der Waals surface area contributed by atoms with Gasteiger partial charge in [0.15, 0.2) is 0 Å². The van der Waals surface area contributed by atoms with E-state index in [4.69, 9.17) is 5.11 Å². The van der Waals surface area contributed by atoms with Crippen LogP contribution in [0.1, 0.15) is 32.4 Å². The summed E-state index contributed by atoms with van der Waals surface area (Å²) in [7, 11) is 0. The van der Waals surface area contributed by atoms with E-state index in [9.17, 15) is 0 Å². The van der Waals surface area contributed by atoms with Gasteiger partial charge in [-0.3, -0.25) is 0 Å². The van der Waals surface area contributed by atoms with Crippen LogP contribution in [0.5, 0.6) is 0 Å². The molecule has 0 unspecified atom stereocenters. The first-order chi connectivity index (χ1) is 11.0. The molecule has 0 aliphatic rings. The van der Waals surface area contributed by atoms with Gasteiger partial charge >= 0.3 is 0 Å². The number of nitrogens with one attached hydrogen (secondary N) is 1. The lowest BCUT2D eigenvalue weighted by atomic mass is 9.96. The number of rotatable bonds is 5. The first kappa shape index (κ1) is 17.3. The molecule has 1 atom stereocenters. The third-order valence-electron chi connectivity index (χ3n) is 3.84. The highest BCUT2D eigenvalue weighted by molar-refractivity contribution is 5.86. The molecule has 0 heterocycles. The molecule has 2 nitrogen and oxygen atoms in total. The summed E-state index contributed by atoms with van der Waals surface area (Å²) in [5, 5.41) is 15.2. The molecule has 2 rings (SSSR count). The van der Waals surface area contributed by atoms with Crippen LogP contribution in [0.3, 0.4) is 0 Å². The standard InChI is InChI=1S/C21H25NO/c1-17(22-15-8-4-7-14-21(2,3)16-23)19-13-9-11-18-10-5-6-12-20(18)19/h4-6,8-13,17,22-23H,15-16H2,1-3H3/b8-4+/t17-/m1/s1. The van der Waals surface area contributed by atoms with Crippen LogP contribution in [-0.2, 0) is 0 Å². The highest BCUT2D eigenvalue weighted by Crippen LogP contribution is 2.23. The predicted octanol–water partition coefficient (Wildman–Crippen LogP) is 4.07. The van der Waals surface area contributed by atoms with Gasteiger partial charge in [-0.05, 0) is 43.2 Å². The average molecular weight is 307 g/mol. The van der Waals surface area contributed by atoms with E-state index in [0.29, 0.717) is 0 Å². The fourth-order valence-electron chi connectivity index (χ4n) is 2.38. The van der Waals surface area contributed by atoms with Crippen molar-refractivity contribution in [2.24, 2.45) is 5.41 Å². The minimum atomic E-state index is -0.339. The quantitative estimate of drug-likeness (QED) is 0.816. The molecular formula is C21H25NO. The van der Waals surface area contributed by atoms with Crippen LogP contribution < -0.4 is 5.32 Å². The van der Waals surface area contributed by atoms with E-state index in [0.717, 1.165) is 6.54 Å². The average Bonchev–Trinajstić information content (AvgIpc) is 2.57. The van der Waals surface area contributed by atoms with Crippen LogP contribution in [0.4, 0.5) is 0 Å². The first-order valence-electron chi connectivity index (χ1n) is 8.03. The largest absolute Gasteiger partial charge is 0.395 e. The predicted molar refractivity (Wildman–Crippen MR) is 98.1 cm³/mol. The summed E-state index contributed by atoms with van der Waals surface area (Å²) in [5.41, 5.74) is 0.970. The molecule has 0 bridgehead atoms. The molecule has 0 radical (unpaired) electrons. The summed E-state index contributed by atoms with van der Waals surface area (Å²) in [6.45, 7) is 6.86. The molecule has 2 aromatic carbocycles. The van der Waals surface area contributed by atoms with Gasteiger partial charge in [0.2, 0.25) is 0 Å². The van der Waals surface area contributed by atoms with Gasteiger partial charge in [-0.25, -0.2) is 0 Å². The van der Waals surface area contributed by atoms with Gasteiger partial charge in [-0.15, -0.1) is 0 Å². The second-order valence-corrected chi connectivity index (χ2v) is 6.41. The van der Waals surface area contributed by atoms with Crippen molar-refractivity contribution in [2.75, 3.05) is 13.2 Å². The van der Waals surface area contributed by atoms with Crippen molar-refractivity contribution >= 4 is 10.8 Å². The van der Waals surface area contributed by atoms with E-state index in [1.165, 1.54) is 16.3 Å². The molecule has 0 fully saturated rings. The molecule has 0 aliphatic carbocycles. The lowest BCUT2D eigenvalue weighted by molar-refractivity contribution is 0.207. The number of hydrogen-bond donors (Lipinski definition) is 2. The van der Waals surface area contributed by atoms with Gasteiger partial charge in [-0.1, -0.05) is 60.4 Å². The highest BCUT2D eigenvalue weighted by Gasteiger charge is 2.10. The van der Waals surface area contributed by atoms with Crippen molar-refractivity contribution in [1.82, 2.24) is 5.32 Å². The maximum Gasteiger partial charge on any atom is 0.0591 e. The van der Waals surface area contributed by atoms with Crippen molar-refractivity contribution in [2.45, 2.75) is 26.8 Å². The summed E-state index contributed by atoms with van der Waals surface area (Å²) < 4.78 is 0. The second kappa shape index (κ2) is 7.97. The Morgan fingerprint density at radius 3 is 2.70 bits per heavy atom. The maximum atomic E-state index is 9.14. The topological polar surface area (TPSA) is 32.3 Å². The number of fused-ring (bicyclic) bond motifs is 1. The Morgan fingerprint density at radius 1 is 1.17 bits per heavy atom. The number of benzene rings is 2. The minimum absolute atomic E-state index is 0.0736.